The summed E-state index contributed by atoms with van der Waals surface area (Å²) in [5.41, 5.74) is 2.15. The van der Waals surface area contributed by atoms with Crippen LogP contribution in [-0.4, -0.2) is 10.4 Å². The third-order valence-electron chi connectivity index (χ3n) is 3.67. The highest BCUT2D eigenvalue weighted by Crippen LogP contribution is 2.37. The summed E-state index contributed by atoms with van der Waals surface area (Å²) >= 11 is 0. The van der Waals surface area contributed by atoms with E-state index in [-0.39, 0.29) is 11.7 Å². The summed E-state index contributed by atoms with van der Waals surface area (Å²) < 4.78 is 15.3. The second-order valence-corrected chi connectivity index (χ2v) is 4.84. The third-order valence-corrected chi connectivity index (χ3v) is 3.67. The van der Waals surface area contributed by atoms with Gasteiger partial charge in [-0.25, -0.2) is 4.39 Å². The van der Waals surface area contributed by atoms with Gasteiger partial charge in [0.05, 0.1) is 0 Å². The van der Waals surface area contributed by atoms with Gasteiger partial charge < -0.3 is 4.57 Å². The Balaban J connectivity index is 2.16. The lowest BCUT2D eigenvalue weighted by atomic mass is 9.97. The molecule has 0 spiro atoms. The summed E-state index contributed by atoms with van der Waals surface area (Å²) in [6.07, 6.45) is 4.20. The van der Waals surface area contributed by atoms with Crippen LogP contribution in [0.15, 0.2) is 24.4 Å². The third kappa shape index (κ3) is 1.66. The first-order valence-corrected chi connectivity index (χ1v) is 5.91. The molecule has 2 nitrogen and oxygen atoms in total. The zero-order valence-electron chi connectivity index (χ0n) is 9.74. The molecule has 1 aromatic heterocycles. The molecular weight excluding hydrogens is 217 g/mol. The van der Waals surface area contributed by atoms with E-state index in [4.69, 9.17) is 0 Å². The van der Waals surface area contributed by atoms with Gasteiger partial charge in [0.2, 0.25) is 0 Å². The van der Waals surface area contributed by atoms with Crippen molar-refractivity contribution in [2.75, 3.05) is 0 Å². The van der Waals surface area contributed by atoms with Crippen LogP contribution in [0.5, 0.6) is 0 Å². The molecule has 1 aromatic carbocycles. The van der Waals surface area contributed by atoms with Crippen LogP contribution in [0.2, 0.25) is 0 Å². The zero-order chi connectivity index (χ0) is 12.0. The number of rotatable bonds is 1. The molecule has 2 aromatic rings. The van der Waals surface area contributed by atoms with Crippen LogP contribution >= 0.6 is 0 Å². The van der Waals surface area contributed by atoms with Gasteiger partial charge in [0.15, 0.2) is 0 Å². The van der Waals surface area contributed by atoms with Gasteiger partial charge in [-0.2, -0.15) is 0 Å². The quantitative estimate of drug-likeness (QED) is 0.739. The molecule has 1 unspecified atom stereocenters. The fourth-order valence-corrected chi connectivity index (χ4v) is 2.80. The number of fused-ring (bicyclic) bond motifs is 1. The largest absolute Gasteiger partial charge is 0.350 e. The molecule has 0 aliphatic heterocycles. The molecule has 1 aliphatic rings. The van der Waals surface area contributed by atoms with E-state index in [1.54, 1.807) is 12.1 Å². The van der Waals surface area contributed by atoms with Crippen LogP contribution in [0.4, 0.5) is 4.39 Å². The molecule has 17 heavy (non-hydrogen) atoms. The number of carbonyl (C=O) groups is 1. The highest BCUT2D eigenvalue weighted by molar-refractivity contribution is 5.87. The van der Waals surface area contributed by atoms with Gasteiger partial charge in [-0.15, -0.1) is 0 Å². The second kappa shape index (κ2) is 3.69. The van der Waals surface area contributed by atoms with Gasteiger partial charge in [0.1, 0.15) is 11.6 Å². The van der Waals surface area contributed by atoms with E-state index in [0.717, 1.165) is 22.9 Å². The molecule has 0 amide bonds. The summed E-state index contributed by atoms with van der Waals surface area (Å²) in [4.78, 5) is 11.4. The van der Waals surface area contributed by atoms with E-state index in [1.807, 2.05) is 17.8 Å². The van der Waals surface area contributed by atoms with Crippen molar-refractivity contribution in [1.29, 1.82) is 0 Å². The van der Waals surface area contributed by atoms with Crippen molar-refractivity contribution in [3.05, 3.63) is 35.8 Å². The summed E-state index contributed by atoms with van der Waals surface area (Å²) in [6, 6.07) is 4.85. The first kappa shape index (κ1) is 10.5. The Hall–Kier alpha value is -1.64. The Morgan fingerprint density at radius 2 is 2.24 bits per heavy atom. The molecule has 0 bridgehead atoms. The van der Waals surface area contributed by atoms with E-state index in [0.29, 0.717) is 18.6 Å². The van der Waals surface area contributed by atoms with Crippen LogP contribution in [-0.2, 0) is 11.8 Å². The average molecular weight is 231 g/mol. The monoisotopic (exact) mass is 231 g/mol. The highest BCUT2D eigenvalue weighted by Gasteiger charge is 2.26. The SMILES string of the molecule is Cn1cc(C2CCC(=O)C2)c2cc(F)ccc21. The van der Waals surface area contributed by atoms with Crippen LogP contribution < -0.4 is 0 Å². The van der Waals surface area contributed by atoms with Crippen LogP contribution in [0, 0.1) is 5.82 Å². The summed E-state index contributed by atoms with van der Waals surface area (Å²) in [5.74, 6) is 0.380. The van der Waals surface area contributed by atoms with Crippen LogP contribution in [0.1, 0.15) is 30.7 Å². The highest BCUT2D eigenvalue weighted by atomic mass is 19.1. The number of halogens is 1. The van der Waals surface area contributed by atoms with Crippen molar-refractivity contribution in [3.63, 3.8) is 0 Å². The first-order valence-electron chi connectivity index (χ1n) is 5.91. The first-order chi connectivity index (χ1) is 8.15. The van der Waals surface area contributed by atoms with Gasteiger partial charge in [0, 0.05) is 37.0 Å². The van der Waals surface area contributed by atoms with Crippen molar-refractivity contribution >= 4 is 16.7 Å². The number of Topliss-reactive ketones (excluding diaryl/α,β-unsaturated/α-hetero) is 1. The van der Waals surface area contributed by atoms with Crippen molar-refractivity contribution < 1.29 is 9.18 Å². The molecular formula is C14H14FNO. The minimum Gasteiger partial charge on any atom is -0.350 e. The maximum atomic E-state index is 13.3. The second-order valence-electron chi connectivity index (χ2n) is 4.84. The Bertz CT molecular complexity index is 600. The minimum absolute atomic E-state index is 0.214. The molecule has 1 fully saturated rings. The van der Waals surface area contributed by atoms with Crippen molar-refractivity contribution in [3.8, 4) is 0 Å². The zero-order valence-corrected chi connectivity index (χ0v) is 9.74. The molecule has 1 heterocycles. The average Bonchev–Trinajstić information content (AvgIpc) is 2.83. The van der Waals surface area contributed by atoms with Gasteiger partial charge in [-0.3, -0.25) is 4.79 Å². The van der Waals surface area contributed by atoms with E-state index >= 15 is 0 Å². The lowest BCUT2D eigenvalue weighted by Gasteiger charge is -2.05. The lowest BCUT2D eigenvalue weighted by molar-refractivity contribution is -0.117. The van der Waals surface area contributed by atoms with Crippen molar-refractivity contribution in [2.45, 2.75) is 25.2 Å². The van der Waals surface area contributed by atoms with E-state index in [1.165, 1.54) is 6.07 Å². The van der Waals surface area contributed by atoms with E-state index < -0.39 is 0 Å². The van der Waals surface area contributed by atoms with E-state index in [9.17, 15) is 9.18 Å². The molecule has 0 N–H and O–H groups in total. The predicted octanol–water partition coefficient (Wildman–Crippen LogP) is 3.15. The molecule has 1 atom stereocenters. The van der Waals surface area contributed by atoms with Crippen LogP contribution in [0.3, 0.4) is 0 Å². The maximum absolute atomic E-state index is 13.3. The number of nitrogens with zero attached hydrogens (tertiary/aromatic N) is 1. The van der Waals surface area contributed by atoms with Crippen LogP contribution in [0.25, 0.3) is 10.9 Å². The van der Waals surface area contributed by atoms with Crippen molar-refractivity contribution in [1.82, 2.24) is 4.57 Å². The number of aromatic nitrogens is 1. The van der Waals surface area contributed by atoms with Crippen molar-refractivity contribution in [2.24, 2.45) is 7.05 Å². The predicted molar refractivity (Wildman–Crippen MR) is 64.5 cm³/mol. The molecule has 88 valence electrons. The number of carbonyl (C=O) groups excluding carboxylic acids is 1. The minimum atomic E-state index is -0.214. The number of benzene rings is 1. The topological polar surface area (TPSA) is 22.0 Å². The van der Waals surface area contributed by atoms with Gasteiger partial charge in [-0.05, 0) is 36.1 Å². The fourth-order valence-electron chi connectivity index (χ4n) is 2.80. The number of hydrogen-bond acceptors (Lipinski definition) is 1. The van der Waals surface area contributed by atoms with E-state index in [2.05, 4.69) is 0 Å². The Labute approximate surface area is 99.0 Å². The number of aryl methyl sites for hydroxylation is 1. The molecule has 0 radical (unpaired) electrons. The maximum Gasteiger partial charge on any atom is 0.133 e. The standard InChI is InChI=1S/C14H14FNO/c1-16-8-13(9-2-4-11(17)6-9)12-7-10(15)3-5-14(12)16/h3,5,7-9H,2,4,6H2,1H3. The van der Waals surface area contributed by atoms with Gasteiger partial charge >= 0.3 is 0 Å². The molecule has 3 heteroatoms. The molecule has 3 rings (SSSR count). The normalized spacial score (nSPS) is 20.4. The molecule has 1 saturated carbocycles. The number of hydrogen-bond donors (Lipinski definition) is 0. The summed E-state index contributed by atoms with van der Waals surface area (Å²) in [7, 11) is 1.96. The van der Waals surface area contributed by atoms with Gasteiger partial charge in [-0.1, -0.05) is 0 Å². The van der Waals surface area contributed by atoms with Gasteiger partial charge in [0.25, 0.3) is 0 Å². The Morgan fingerprint density at radius 3 is 2.94 bits per heavy atom. The molecule has 1 aliphatic carbocycles. The Kier molecular flexibility index (Phi) is 2.28. The lowest BCUT2D eigenvalue weighted by Crippen LogP contribution is -1.93. The smallest absolute Gasteiger partial charge is 0.133 e. The summed E-state index contributed by atoms with van der Waals surface area (Å²) in [5, 5.41) is 0.951. The fraction of sp³-hybridized carbons (Fsp3) is 0.357. The molecule has 0 saturated heterocycles. The number of ketones is 1. The summed E-state index contributed by atoms with van der Waals surface area (Å²) in [6.45, 7) is 0. The Morgan fingerprint density at radius 1 is 1.41 bits per heavy atom.